The Hall–Kier alpha value is -2.64. The molecule has 0 N–H and O–H groups in total. The lowest BCUT2D eigenvalue weighted by Gasteiger charge is -2.35. The number of likely N-dealkylation sites (N-methyl/N-ethyl adjacent to an activating group) is 1. The van der Waals surface area contributed by atoms with Gasteiger partial charge in [0.2, 0.25) is 0 Å². The first-order valence-corrected chi connectivity index (χ1v) is 10.5. The highest BCUT2D eigenvalue weighted by molar-refractivity contribution is 7.15. The molecule has 0 spiro atoms. The Morgan fingerprint density at radius 1 is 1.18 bits per heavy atom. The fraction of sp³-hybridized carbons (Fsp3) is 0.333. The maximum atomic E-state index is 12.7. The van der Waals surface area contributed by atoms with Gasteiger partial charge in [0.1, 0.15) is 5.58 Å². The van der Waals surface area contributed by atoms with E-state index in [2.05, 4.69) is 33.2 Å². The Kier molecular flexibility index (Phi) is 4.21. The molecule has 1 fully saturated rings. The van der Waals surface area contributed by atoms with E-state index in [0.29, 0.717) is 16.8 Å². The summed E-state index contributed by atoms with van der Waals surface area (Å²) in [5, 5.41) is 2.97. The minimum Gasteiger partial charge on any atom is -0.422 e. The van der Waals surface area contributed by atoms with Gasteiger partial charge in [-0.2, -0.15) is 0 Å². The number of hydrogen-bond donors (Lipinski definition) is 0. The van der Waals surface area contributed by atoms with Gasteiger partial charge < -0.3 is 14.2 Å². The summed E-state index contributed by atoms with van der Waals surface area (Å²) in [6.45, 7) is 9.43. The minimum atomic E-state index is -0.344. The molecule has 4 aromatic rings. The molecule has 6 nitrogen and oxygen atoms in total. The van der Waals surface area contributed by atoms with Crippen molar-refractivity contribution in [1.82, 2.24) is 14.3 Å². The largest absolute Gasteiger partial charge is 0.422 e. The zero-order valence-corrected chi connectivity index (χ0v) is 16.8. The first kappa shape index (κ1) is 17.5. The van der Waals surface area contributed by atoms with Crippen molar-refractivity contribution in [3.8, 4) is 11.3 Å². The van der Waals surface area contributed by atoms with E-state index in [1.165, 1.54) is 0 Å². The summed E-state index contributed by atoms with van der Waals surface area (Å²) in [7, 11) is 0. The van der Waals surface area contributed by atoms with Crippen LogP contribution in [0.25, 0.3) is 27.2 Å². The van der Waals surface area contributed by atoms with E-state index in [1.807, 2.05) is 35.7 Å². The average Bonchev–Trinajstić information content (AvgIpc) is 3.29. The summed E-state index contributed by atoms with van der Waals surface area (Å²) < 4.78 is 7.69. The average molecular weight is 395 g/mol. The van der Waals surface area contributed by atoms with Crippen molar-refractivity contribution in [2.24, 2.45) is 0 Å². The SMILES string of the molecule is CCN1CCN(c2ccc3cc(-c4cn5c(C)csc5n4)c(=O)oc3c2)CC1. The van der Waals surface area contributed by atoms with Gasteiger partial charge in [-0.3, -0.25) is 4.40 Å². The molecule has 0 unspecified atom stereocenters. The molecule has 1 aliphatic heterocycles. The van der Waals surface area contributed by atoms with Crippen molar-refractivity contribution in [3.63, 3.8) is 0 Å². The Bertz CT molecular complexity index is 1210. The smallest absolute Gasteiger partial charge is 0.345 e. The molecule has 0 bridgehead atoms. The van der Waals surface area contributed by atoms with Crippen LogP contribution in [-0.4, -0.2) is 47.0 Å². The number of nitrogens with zero attached hydrogens (tertiary/aromatic N) is 4. The normalized spacial score (nSPS) is 15.7. The first-order valence-electron chi connectivity index (χ1n) is 9.61. The quantitative estimate of drug-likeness (QED) is 0.497. The van der Waals surface area contributed by atoms with Crippen LogP contribution in [0.2, 0.25) is 0 Å². The number of anilines is 1. The van der Waals surface area contributed by atoms with Crippen LogP contribution in [0.1, 0.15) is 12.6 Å². The predicted molar refractivity (Wildman–Crippen MR) is 114 cm³/mol. The van der Waals surface area contributed by atoms with Gasteiger partial charge in [0.15, 0.2) is 4.96 Å². The van der Waals surface area contributed by atoms with Crippen LogP contribution in [0.4, 0.5) is 5.69 Å². The van der Waals surface area contributed by atoms with Crippen LogP contribution < -0.4 is 10.5 Å². The highest BCUT2D eigenvalue weighted by atomic mass is 32.1. The van der Waals surface area contributed by atoms with Crippen LogP contribution >= 0.6 is 11.3 Å². The van der Waals surface area contributed by atoms with Crippen LogP contribution in [0.3, 0.4) is 0 Å². The summed E-state index contributed by atoms with van der Waals surface area (Å²) in [6, 6.07) is 8.02. The second kappa shape index (κ2) is 6.76. The fourth-order valence-electron chi connectivity index (χ4n) is 3.82. The van der Waals surface area contributed by atoms with Gasteiger partial charge in [-0.05, 0) is 31.7 Å². The van der Waals surface area contributed by atoms with Crippen LogP contribution in [0.5, 0.6) is 0 Å². The molecule has 0 saturated carbocycles. The Labute approximate surface area is 166 Å². The summed E-state index contributed by atoms with van der Waals surface area (Å²) in [6.07, 6.45) is 1.90. The second-order valence-corrected chi connectivity index (χ2v) is 8.08. The van der Waals surface area contributed by atoms with Crippen LogP contribution in [0, 0.1) is 6.92 Å². The van der Waals surface area contributed by atoms with E-state index >= 15 is 0 Å². The summed E-state index contributed by atoms with van der Waals surface area (Å²) in [4.78, 5) is 22.9. The molecule has 0 atom stereocenters. The maximum absolute atomic E-state index is 12.7. The molecular weight excluding hydrogens is 372 g/mol. The molecule has 1 saturated heterocycles. The lowest BCUT2D eigenvalue weighted by atomic mass is 10.1. The third kappa shape index (κ3) is 2.91. The van der Waals surface area contributed by atoms with E-state index in [0.717, 1.165) is 54.5 Å². The van der Waals surface area contributed by atoms with Crippen molar-refractivity contribution < 1.29 is 4.42 Å². The van der Waals surface area contributed by atoms with Crippen molar-refractivity contribution in [2.75, 3.05) is 37.6 Å². The van der Waals surface area contributed by atoms with E-state index in [4.69, 9.17) is 4.42 Å². The fourth-order valence-corrected chi connectivity index (χ4v) is 4.67. The maximum Gasteiger partial charge on any atom is 0.345 e. The van der Waals surface area contributed by atoms with Gasteiger partial charge in [-0.15, -0.1) is 11.3 Å². The monoisotopic (exact) mass is 394 g/mol. The standard InChI is InChI=1S/C21H22N4O2S/c1-3-23-6-8-24(9-7-23)16-5-4-15-10-17(20(26)27-19(15)11-16)18-12-25-14(2)13-28-21(25)22-18/h4-5,10-13H,3,6-9H2,1-2H3. The Morgan fingerprint density at radius 2 is 2.00 bits per heavy atom. The van der Waals surface area contributed by atoms with Crippen molar-refractivity contribution in [1.29, 1.82) is 0 Å². The number of benzene rings is 1. The van der Waals surface area contributed by atoms with Gasteiger partial charge in [-0.25, -0.2) is 9.78 Å². The lowest BCUT2D eigenvalue weighted by molar-refractivity contribution is 0.271. The zero-order valence-electron chi connectivity index (χ0n) is 16.0. The number of aromatic nitrogens is 2. The van der Waals surface area contributed by atoms with Crippen molar-refractivity contribution >= 4 is 33.0 Å². The summed E-state index contributed by atoms with van der Waals surface area (Å²) >= 11 is 1.57. The topological polar surface area (TPSA) is 54.0 Å². The molecule has 1 aromatic carbocycles. The molecule has 1 aliphatic rings. The highest BCUT2D eigenvalue weighted by Crippen LogP contribution is 2.27. The molecule has 28 heavy (non-hydrogen) atoms. The molecule has 0 amide bonds. The molecule has 144 valence electrons. The van der Waals surface area contributed by atoms with Crippen LogP contribution in [-0.2, 0) is 0 Å². The third-order valence-electron chi connectivity index (χ3n) is 5.57. The molecule has 3 aromatic heterocycles. The van der Waals surface area contributed by atoms with E-state index in [9.17, 15) is 4.79 Å². The Balaban J connectivity index is 1.50. The molecule has 5 rings (SSSR count). The zero-order chi connectivity index (χ0) is 19.3. The van der Waals surface area contributed by atoms with Crippen molar-refractivity contribution in [3.05, 3.63) is 52.0 Å². The minimum absolute atomic E-state index is 0.344. The number of fused-ring (bicyclic) bond motifs is 2. The number of aryl methyl sites for hydroxylation is 1. The summed E-state index contributed by atoms with van der Waals surface area (Å²) in [5.41, 5.74) is 3.66. The predicted octanol–water partition coefficient (Wildman–Crippen LogP) is 3.62. The van der Waals surface area contributed by atoms with E-state index < -0.39 is 0 Å². The van der Waals surface area contributed by atoms with Gasteiger partial charge >= 0.3 is 5.63 Å². The molecule has 7 heteroatoms. The summed E-state index contributed by atoms with van der Waals surface area (Å²) in [5.74, 6) is 0. The van der Waals surface area contributed by atoms with E-state index in [1.54, 1.807) is 11.3 Å². The Morgan fingerprint density at radius 3 is 2.75 bits per heavy atom. The van der Waals surface area contributed by atoms with Gasteiger partial charge in [0.25, 0.3) is 0 Å². The van der Waals surface area contributed by atoms with E-state index in [-0.39, 0.29) is 5.63 Å². The number of hydrogen-bond acceptors (Lipinski definition) is 6. The van der Waals surface area contributed by atoms with Crippen molar-refractivity contribution in [2.45, 2.75) is 13.8 Å². The van der Waals surface area contributed by atoms with Gasteiger partial charge in [0.05, 0.1) is 11.3 Å². The van der Waals surface area contributed by atoms with Gasteiger partial charge in [0, 0.05) is 60.6 Å². The number of rotatable bonds is 3. The molecule has 0 radical (unpaired) electrons. The van der Waals surface area contributed by atoms with Crippen LogP contribution in [0.15, 0.2) is 45.1 Å². The third-order valence-corrected chi connectivity index (χ3v) is 6.53. The lowest BCUT2D eigenvalue weighted by Crippen LogP contribution is -2.46. The number of imidazole rings is 1. The molecule has 0 aliphatic carbocycles. The number of piperazine rings is 1. The first-order chi connectivity index (χ1) is 13.6. The second-order valence-electron chi connectivity index (χ2n) is 7.25. The molecular formula is C21H22N4O2S. The molecule has 4 heterocycles. The number of thiazole rings is 1. The van der Waals surface area contributed by atoms with Gasteiger partial charge in [-0.1, -0.05) is 6.92 Å². The highest BCUT2D eigenvalue weighted by Gasteiger charge is 2.18.